The zero-order valence-corrected chi connectivity index (χ0v) is 12.6. The van der Waals surface area contributed by atoms with E-state index in [0.29, 0.717) is 17.1 Å². The first-order valence-corrected chi connectivity index (χ1v) is 6.76. The summed E-state index contributed by atoms with van der Waals surface area (Å²) in [5.74, 6) is -0.248. The molecule has 4 nitrogen and oxygen atoms in total. The Morgan fingerprint density at radius 1 is 1.47 bits per heavy atom. The first-order valence-electron chi connectivity index (χ1n) is 6.38. The third-order valence-electron chi connectivity index (χ3n) is 2.79. The number of hydrogen-bond acceptors (Lipinski definition) is 3. The van der Waals surface area contributed by atoms with E-state index in [0.717, 1.165) is 5.69 Å². The van der Waals surface area contributed by atoms with Gasteiger partial charge in [0, 0.05) is 23.2 Å². The summed E-state index contributed by atoms with van der Waals surface area (Å²) in [6, 6.07) is 3.27. The van der Waals surface area contributed by atoms with Crippen LogP contribution in [-0.4, -0.2) is 28.6 Å². The molecule has 5 heteroatoms. The van der Waals surface area contributed by atoms with Crippen molar-refractivity contribution >= 4 is 17.5 Å². The van der Waals surface area contributed by atoms with Gasteiger partial charge in [-0.15, -0.1) is 0 Å². The molecule has 19 heavy (non-hydrogen) atoms. The van der Waals surface area contributed by atoms with Gasteiger partial charge < -0.3 is 10.4 Å². The molecular formula is C14H21ClN2O2. The lowest BCUT2D eigenvalue weighted by atomic mass is 9.91. The average molecular weight is 285 g/mol. The van der Waals surface area contributed by atoms with Crippen LogP contribution in [0.3, 0.4) is 0 Å². The van der Waals surface area contributed by atoms with Crippen LogP contribution >= 0.6 is 11.6 Å². The standard InChI is InChI=1S/C14H21ClN2O2/c1-5-10(18)8-16-13(19)9-6-11(14(2,3)4)17-12(15)7-9/h6-7,10,18H,5,8H2,1-4H3,(H,16,19). The zero-order valence-electron chi connectivity index (χ0n) is 11.8. The molecule has 0 saturated carbocycles. The second-order valence-electron chi connectivity index (χ2n) is 5.59. The summed E-state index contributed by atoms with van der Waals surface area (Å²) >= 11 is 5.95. The van der Waals surface area contributed by atoms with E-state index in [2.05, 4.69) is 10.3 Å². The van der Waals surface area contributed by atoms with Crippen LogP contribution in [0.25, 0.3) is 0 Å². The first-order chi connectivity index (χ1) is 8.74. The molecule has 1 rings (SSSR count). The molecule has 0 fully saturated rings. The van der Waals surface area contributed by atoms with Gasteiger partial charge in [0.2, 0.25) is 0 Å². The van der Waals surface area contributed by atoms with Crippen molar-refractivity contribution in [2.24, 2.45) is 0 Å². The number of nitrogens with zero attached hydrogens (tertiary/aromatic N) is 1. The smallest absolute Gasteiger partial charge is 0.251 e. The number of carbonyl (C=O) groups is 1. The Morgan fingerprint density at radius 2 is 2.11 bits per heavy atom. The predicted molar refractivity (Wildman–Crippen MR) is 76.6 cm³/mol. The Kier molecular flexibility index (Phi) is 5.32. The highest BCUT2D eigenvalue weighted by Gasteiger charge is 2.19. The van der Waals surface area contributed by atoms with Crippen molar-refractivity contribution in [2.75, 3.05) is 6.54 Å². The summed E-state index contributed by atoms with van der Waals surface area (Å²) in [5, 5.41) is 12.4. The molecule has 0 spiro atoms. The number of halogens is 1. The molecule has 2 N–H and O–H groups in total. The van der Waals surface area contributed by atoms with Gasteiger partial charge in [0.05, 0.1) is 6.10 Å². The number of aromatic nitrogens is 1. The molecule has 1 heterocycles. The Labute approximate surface area is 119 Å². The zero-order chi connectivity index (χ0) is 14.6. The van der Waals surface area contributed by atoms with Crippen LogP contribution < -0.4 is 5.32 Å². The Bertz CT molecular complexity index is 455. The van der Waals surface area contributed by atoms with Crippen LogP contribution in [0.2, 0.25) is 5.15 Å². The predicted octanol–water partition coefficient (Wildman–Crippen LogP) is 2.53. The Morgan fingerprint density at radius 3 is 2.63 bits per heavy atom. The van der Waals surface area contributed by atoms with E-state index >= 15 is 0 Å². The minimum absolute atomic E-state index is 0.178. The van der Waals surface area contributed by atoms with Gasteiger partial charge in [0.15, 0.2) is 0 Å². The first kappa shape index (κ1) is 15.9. The van der Waals surface area contributed by atoms with E-state index in [1.807, 2.05) is 27.7 Å². The maximum atomic E-state index is 12.0. The topological polar surface area (TPSA) is 62.2 Å². The molecule has 0 aliphatic carbocycles. The second kappa shape index (κ2) is 6.35. The average Bonchev–Trinajstić information content (AvgIpc) is 2.33. The molecule has 1 unspecified atom stereocenters. The molecule has 0 saturated heterocycles. The van der Waals surface area contributed by atoms with E-state index < -0.39 is 6.10 Å². The molecule has 0 aromatic carbocycles. The molecule has 0 aliphatic heterocycles. The number of pyridine rings is 1. The summed E-state index contributed by atoms with van der Waals surface area (Å²) in [7, 11) is 0. The number of carbonyl (C=O) groups excluding carboxylic acids is 1. The molecule has 106 valence electrons. The van der Waals surface area contributed by atoms with Crippen molar-refractivity contribution in [3.8, 4) is 0 Å². The van der Waals surface area contributed by atoms with Gasteiger partial charge in [0.25, 0.3) is 5.91 Å². The van der Waals surface area contributed by atoms with Crippen LogP contribution in [0.1, 0.15) is 50.2 Å². The summed E-state index contributed by atoms with van der Waals surface area (Å²) in [5.41, 5.74) is 1.05. The fraction of sp³-hybridized carbons (Fsp3) is 0.571. The van der Waals surface area contributed by atoms with Crippen molar-refractivity contribution in [1.29, 1.82) is 0 Å². The van der Waals surface area contributed by atoms with E-state index in [4.69, 9.17) is 11.6 Å². The van der Waals surface area contributed by atoms with Gasteiger partial charge in [-0.05, 0) is 18.6 Å². The van der Waals surface area contributed by atoms with Crippen molar-refractivity contribution in [3.63, 3.8) is 0 Å². The summed E-state index contributed by atoms with van der Waals surface area (Å²) in [4.78, 5) is 16.2. The SMILES string of the molecule is CCC(O)CNC(=O)c1cc(Cl)nc(C(C)(C)C)c1. The monoisotopic (exact) mass is 284 g/mol. The highest BCUT2D eigenvalue weighted by molar-refractivity contribution is 6.29. The third kappa shape index (κ3) is 4.80. The quantitative estimate of drug-likeness (QED) is 0.835. The number of nitrogens with one attached hydrogen (secondary N) is 1. The Hall–Kier alpha value is -1.13. The number of amides is 1. The summed E-state index contributed by atoms with van der Waals surface area (Å²) < 4.78 is 0. The van der Waals surface area contributed by atoms with Crippen molar-refractivity contribution in [3.05, 3.63) is 28.5 Å². The summed E-state index contributed by atoms with van der Waals surface area (Å²) in [6.45, 7) is 8.12. The normalized spacial score (nSPS) is 13.2. The van der Waals surface area contributed by atoms with Gasteiger partial charge >= 0.3 is 0 Å². The van der Waals surface area contributed by atoms with E-state index in [1.54, 1.807) is 6.07 Å². The fourth-order valence-electron chi connectivity index (χ4n) is 1.47. The minimum Gasteiger partial charge on any atom is -0.391 e. The largest absolute Gasteiger partial charge is 0.391 e. The number of aliphatic hydroxyl groups is 1. The van der Waals surface area contributed by atoms with Gasteiger partial charge in [-0.1, -0.05) is 39.3 Å². The van der Waals surface area contributed by atoms with E-state index in [1.165, 1.54) is 6.07 Å². The van der Waals surface area contributed by atoms with E-state index in [9.17, 15) is 9.90 Å². The molecule has 1 amide bonds. The van der Waals surface area contributed by atoms with Crippen LogP contribution in [0.5, 0.6) is 0 Å². The van der Waals surface area contributed by atoms with Crippen molar-refractivity contribution in [1.82, 2.24) is 10.3 Å². The maximum absolute atomic E-state index is 12.0. The van der Waals surface area contributed by atoms with Gasteiger partial charge in [-0.3, -0.25) is 4.79 Å². The summed E-state index contributed by atoms with van der Waals surface area (Å²) in [6.07, 6.45) is 0.0771. The molecule has 0 bridgehead atoms. The molecule has 0 aliphatic rings. The molecule has 1 aromatic rings. The lowest BCUT2D eigenvalue weighted by Gasteiger charge is -2.19. The van der Waals surface area contributed by atoms with Crippen molar-refractivity contribution < 1.29 is 9.90 Å². The van der Waals surface area contributed by atoms with Crippen LogP contribution in [0.4, 0.5) is 0 Å². The maximum Gasteiger partial charge on any atom is 0.251 e. The van der Waals surface area contributed by atoms with Gasteiger partial charge in [-0.25, -0.2) is 4.98 Å². The lowest BCUT2D eigenvalue weighted by Crippen LogP contribution is -2.32. The van der Waals surface area contributed by atoms with Crippen molar-refractivity contribution in [2.45, 2.75) is 45.6 Å². The van der Waals surface area contributed by atoms with Crippen LogP contribution in [-0.2, 0) is 5.41 Å². The number of aliphatic hydroxyl groups excluding tert-OH is 1. The highest BCUT2D eigenvalue weighted by atomic mass is 35.5. The van der Waals surface area contributed by atoms with E-state index in [-0.39, 0.29) is 17.9 Å². The Balaban J connectivity index is 2.89. The second-order valence-corrected chi connectivity index (χ2v) is 5.97. The van der Waals surface area contributed by atoms with Gasteiger partial charge in [0.1, 0.15) is 5.15 Å². The highest BCUT2D eigenvalue weighted by Crippen LogP contribution is 2.23. The molecular weight excluding hydrogens is 264 g/mol. The van der Waals surface area contributed by atoms with Crippen LogP contribution in [0, 0.1) is 0 Å². The molecule has 0 radical (unpaired) electrons. The van der Waals surface area contributed by atoms with Gasteiger partial charge in [-0.2, -0.15) is 0 Å². The number of hydrogen-bond donors (Lipinski definition) is 2. The number of rotatable bonds is 4. The minimum atomic E-state index is -0.525. The molecule has 1 aromatic heterocycles. The lowest BCUT2D eigenvalue weighted by molar-refractivity contribution is 0.0913. The van der Waals surface area contributed by atoms with Crippen LogP contribution in [0.15, 0.2) is 12.1 Å². The molecule has 1 atom stereocenters. The fourth-order valence-corrected chi connectivity index (χ4v) is 1.68. The third-order valence-corrected chi connectivity index (χ3v) is 2.99.